The molecule has 3 aromatic rings. The number of halogens is 1. The van der Waals surface area contributed by atoms with Crippen LogP contribution in [0.1, 0.15) is 15.9 Å². The van der Waals surface area contributed by atoms with Crippen LogP contribution in [0.4, 0.5) is 5.69 Å². The lowest BCUT2D eigenvalue weighted by Gasteiger charge is -2.12. The van der Waals surface area contributed by atoms with Crippen LogP contribution in [-0.2, 0) is 10.0 Å². The number of carbonyl (C=O) groups excluding carboxylic acids is 1. The van der Waals surface area contributed by atoms with Crippen molar-refractivity contribution in [2.45, 2.75) is 16.7 Å². The fourth-order valence-corrected chi connectivity index (χ4v) is 4.68. The minimum Gasteiger partial charge on any atom is -0.351 e. The lowest BCUT2D eigenvalue weighted by atomic mass is 10.1. The van der Waals surface area contributed by atoms with Gasteiger partial charge in [0.05, 0.1) is 10.6 Å². The van der Waals surface area contributed by atoms with Crippen LogP contribution in [0.2, 0.25) is 5.02 Å². The van der Waals surface area contributed by atoms with E-state index in [2.05, 4.69) is 10.0 Å². The van der Waals surface area contributed by atoms with Crippen molar-refractivity contribution in [2.24, 2.45) is 0 Å². The molecule has 8 heteroatoms. The predicted octanol–water partition coefficient (Wildman–Crippen LogP) is 4.97. The molecule has 0 aliphatic rings. The second kappa shape index (κ2) is 10.0. The molecule has 0 saturated heterocycles. The summed E-state index contributed by atoms with van der Waals surface area (Å²) < 4.78 is 27.7. The Kier molecular flexibility index (Phi) is 7.42. The number of hydrogen-bond acceptors (Lipinski definition) is 4. The first kappa shape index (κ1) is 22.2. The first-order valence-corrected chi connectivity index (χ1v) is 12.0. The topological polar surface area (TPSA) is 75.3 Å². The van der Waals surface area contributed by atoms with Crippen LogP contribution in [0.5, 0.6) is 0 Å². The van der Waals surface area contributed by atoms with E-state index in [0.29, 0.717) is 28.6 Å². The molecular weight excluding hydrogens is 440 g/mol. The Morgan fingerprint density at radius 3 is 2.40 bits per heavy atom. The summed E-state index contributed by atoms with van der Waals surface area (Å²) in [5.74, 6) is 0.444. The van der Waals surface area contributed by atoms with Crippen LogP contribution in [0, 0.1) is 6.92 Å². The number of nitrogens with one attached hydrogen (secondary N) is 2. The maximum absolute atomic E-state index is 12.6. The summed E-state index contributed by atoms with van der Waals surface area (Å²) in [5.41, 5.74) is 1.49. The second-order valence-electron chi connectivity index (χ2n) is 6.51. The van der Waals surface area contributed by atoms with Crippen molar-refractivity contribution in [1.82, 2.24) is 5.32 Å². The zero-order valence-corrected chi connectivity index (χ0v) is 18.7. The van der Waals surface area contributed by atoms with E-state index in [1.54, 1.807) is 55.1 Å². The summed E-state index contributed by atoms with van der Waals surface area (Å²) in [6.07, 6.45) is 0. The zero-order valence-electron chi connectivity index (χ0n) is 16.3. The van der Waals surface area contributed by atoms with Crippen molar-refractivity contribution in [1.29, 1.82) is 0 Å². The number of thioether (sulfide) groups is 1. The number of sulfonamides is 1. The molecule has 5 nitrogen and oxygen atoms in total. The molecule has 0 fully saturated rings. The monoisotopic (exact) mass is 460 g/mol. The standard InChI is InChI=1S/C22H21ClN2O3S2/c1-16-7-8-17(15-21(16)25-30(27,28)20-5-3-2-4-6-20)22(26)24-13-14-29-19-11-9-18(23)10-12-19/h2-12,15,25H,13-14H2,1H3,(H,24,26). The van der Waals surface area contributed by atoms with E-state index in [-0.39, 0.29) is 10.8 Å². The van der Waals surface area contributed by atoms with E-state index in [1.165, 1.54) is 12.1 Å². The Balaban J connectivity index is 1.61. The number of anilines is 1. The highest BCUT2D eigenvalue weighted by molar-refractivity contribution is 7.99. The number of carbonyl (C=O) groups is 1. The average Bonchev–Trinajstić information content (AvgIpc) is 2.74. The van der Waals surface area contributed by atoms with Gasteiger partial charge in [-0.25, -0.2) is 8.42 Å². The van der Waals surface area contributed by atoms with Gasteiger partial charge in [0, 0.05) is 27.8 Å². The summed E-state index contributed by atoms with van der Waals surface area (Å²) in [5, 5.41) is 3.54. The van der Waals surface area contributed by atoms with Gasteiger partial charge in [-0.3, -0.25) is 9.52 Å². The van der Waals surface area contributed by atoms with Crippen LogP contribution < -0.4 is 10.0 Å². The van der Waals surface area contributed by atoms with Crippen molar-refractivity contribution in [2.75, 3.05) is 17.0 Å². The van der Waals surface area contributed by atoms with Crippen LogP contribution >= 0.6 is 23.4 Å². The van der Waals surface area contributed by atoms with Crippen molar-refractivity contribution in [3.63, 3.8) is 0 Å². The van der Waals surface area contributed by atoms with E-state index >= 15 is 0 Å². The van der Waals surface area contributed by atoms with Crippen LogP contribution in [0.3, 0.4) is 0 Å². The molecule has 0 aliphatic heterocycles. The molecule has 0 radical (unpaired) electrons. The van der Waals surface area contributed by atoms with E-state index in [9.17, 15) is 13.2 Å². The van der Waals surface area contributed by atoms with Crippen LogP contribution in [0.25, 0.3) is 0 Å². The maximum atomic E-state index is 12.6. The Morgan fingerprint density at radius 1 is 1.00 bits per heavy atom. The molecule has 3 rings (SSSR count). The molecular formula is C22H21ClN2O3S2. The Hall–Kier alpha value is -2.48. The van der Waals surface area contributed by atoms with E-state index in [0.717, 1.165) is 10.5 Å². The first-order chi connectivity index (χ1) is 14.3. The third kappa shape index (κ3) is 6.01. The third-order valence-corrected chi connectivity index (χ3v) is 6.91. The quantitative estimate of drug-likeness (QED) is 0.367. The molecule has 0 saturated carbocycles. The molecule has 156 valence electrons. The minimum absolute atomic E-state index is 0.165. The van der Waals surface area contributed by atoms with E-state index < -0.39 is 10.0 Å². The van der Waals surface area contributed by atoms with Crippen molar-refractivity contribution in [3.05, 3.63) is 88.9 Å². The predicted molar refractivity (Wildman–Crippen MR) is 123 cm³/mol. The van der Waals surface area contributed by atoms with Gasteiger partial charge in [-0.1, -0.05) is 35.9 Å². The molecule has 2 N–H and O–H groups in total. The molecule has 30 heavy (non-hydrogen) atoms. The largest absolute Gasteiger partial charge is 0.351 e. The SMILES string of the molecule is Cc1ccc(C(=O)NCCSc2ccc(Cl)cc2)cc1NS(=O)(=O)c1ccccc1. The number of benzene rings is 3. The molecule has 1 amide bonds. The molecule has 0 unspecified atom stereocenters. The molecule has 0 bridgehead atoms. The molecule has 0 aliphatic carbocycles. The summed E-state index contributed by atoms with van der Waals surface area (Å²) >= 11 is 7.48. The van der Waals surface area contributed by atoms with Gasteiger partial charge in [0.1, 0.15) is 0 Å². The summed E-state index contributed by atoms with van der Waals surface area (Å²) in [7, 11) is -3.73. The van der Waals surface area contributed by atoms with Gasteiger partial charge in [0.2, 0.25) is 0 Å². The zero-order chi connectivity index (χ0) is 21.6. The Bertz CT molecular complexity index is 1120. The lowest BCUT2D eigenvalue weighted by Crippen LogP contribution is -2.26. The van der Waals surface area contributed by atoms with Crippen molar-refractivity contribution < 1.29 is 13.2 Å². The number of aryl methyl sites for hydroxylation is 1. The van der Waals surface area contributed by atoms with Gasteiger partial charge in [-0.2, -0.15) is 0 Å². The fourth-order valence-electron chi connectivity index (χ4n) is 2.64. The van der Waals surface area contributed by atoms with Crippen LogP contribution in [0.15, 0.2) is 82.6 Å². The van der Waals surface area contributed by atoms with E-state index in [4.69, 9.17) is 11.6 Å². The summed E-state index contributed by atoms with van der Waals surface area (Å²) in [4.78, 5) is 13.7. The summed E-state index contributed by atoms with van der Waals surface area (Å²) in [6.45, 7) is 2.26. The highest BCUT2D eigenvalue weighted by Gasteiger charge is 2.16. The number of hydrogen-bond donors (Lipinski definition) is 2. The Labute approximate surface area is 185 Å². The molecule has 0 aromatic heterocycles. The highest BCUT2D eigenvalue weighted by Crippen LogP contribution is 2.22. The second-order valence-corrected chi connectivity index (χ2v) is 9.79. The molecule has 3 aromatic carbocycles. The Morgan fingerprint density at radius 2 is 1.70 bits per heavy atom. The van der Waals surface area contributed by atoms with Gasteiger partial charge in [-0.15, -0.1) is 11.8 Å². The average molecular weight is 461 g/mol. The fraction of sp³-hybridized carbons (Fsp3) is 0.136. The minimum atomic E-state index is -3.73. The van der Waals surface area contributed by atoms with Gasteiger partial charge < -0.3 is 5.32 Å². The van der Waals surface area contributed by atoms with Crippen LogP contribution in [-0.4, -0.2) is 26.6 Å². The van der Waals surface area contributed by atoms with Gasteiger partial charge in [0.15, 0.2) is 0 Å². The molecule has 0 spiro atoms. The number of amides is 1. The third-order valence-electron chi connectivity index (χ3n) is 4.27. The maximum Gasteiger partial charge on any atom is 0.261 e. The normalized spacial score (nSPS) is 11.1. The van der Waals surface area contributed by atoms with Crippen molar-refractivity contribution >= 4 is 45.0 Å². The molecule has 0 heterocycles. The highest BCUT2D eigenvalue weighted by atomic mass is 35.5. The van der Waals surface area contributed by atoms with Gasteiger partial charge in [0.25, 0.3) is 15.9 Å². The van der Waals surface area contributed by atoms with Gasteiger partial charge in [-0.05, 0) is 61.0 Å². The smallest absolute Gasteiger partial charge is 0.261 e. The van der Waals surface area contributed by atoms with Gasteiger partial charge >= 0.3 is 0 Å². The summed E-state index contributed by atoms with van der Waals surface area (Å²) in [6, 6.07) is 20.6. The number of rotatable bonds is 8. The van der Waals surface area contributed by atoms with Crippen molar-refractivity contribution in [3.8, 4) is 0 Å². The molecule has 0 atom stereocenters. The lowest BCUT2D eigenvalue weighted by molar-refractivity contribution is 0.0956. The first-order valence-electron chi connectivity index (χ1n) is 9.20. The van der Waals surface area contributed by atoms with E-state index in [1.807, 2.05) is 24.3 Å².